The van der Waals surface area contributed by atoms with Crippen molar-refractivity contribution in [2.45, 2.75) is 13.8 Å². The first-order chi connectivity index (χ1) is 14.1. The third-order valence-corrected chi connectivity index (χ3v) is 4.90. The van der Waals surface area contributed by atoms with E-state index in [1.165, 1.54) is 0 Å². The van der Waals surface area contributed by atoms with Gasteiger partial charge in [-0.3, -0.25) is 4.79 Å². The summed E-state index contributed by atoms with van der Waals surface area (Å²) in [6, 6.07) is 9.37. The van der Waals surface area contributed by atoms with Crippen molar-refractivity contribution in [1.29, 1.82) is 0 Å². The van der Waals surface area contributed by atoms with Crippen LogP contribution in [0.3, 0.4) is 0 Å². The maximum atomic E-state index is 12.7. The van der Waals surface area contributed by atoms with Crippen molar-refractivity contribution >= 4 is 23.5 Å². The van der Waals surface area contributed by atoms with Crippen LogP contribution in [0.4, 0.5) is 17.6 Å². The highest BCUT2D eigenvalue weighted by atomic mass is 16.1. The molecule has 1 amide bonds. The first kappa shape index (κ1) is 18.8. The molecule has 29 heavy (non-hydrogen) atoms. The second kappa shape index (κ2) is 8.22. The molecule has 4 rings (SSSR count). The Bertz CT molecular complexity index is 1000. The lowest BCUT2D eigenvalue weighted by Gasteiger charge is -2.34. The van der Waals surface area contributed by atoms with Gasteiger partial charge in [0.2, 0.25) is 11.9 Å². The summed E-state index contributed by atoms with van der Waals surface area (Å²) in [4.78, 5) is 34.3. The lowest BCUT2D eigenvalue weighted by molar-refractivity contribution is 0.102. The molecule has 0 aliphatic carbocycles. The Balaban J connectivity index is 1.43. The quantitative estimate of drug-likeness (QED) is 0.733. The molecule has 1 N–H and O–H groups in total. The molecule has 1 aromatic carbocycles. The SMILES string of the molecule is Cc1ccc(NC(=O)c2ccnc(N3CCN(c4ncccn4)CC3)n2)c(C)c1. The van der Waals surface area contributed by atoms with E-state index in [0.717, 1.165) is 48.9 Å². The molecule has 8 nitrogen and oxygen atoms in total. The molecular formula is C21H23N7O. The number of hydrogen-bond donors (Lipinski definition) is 1. The molecule has 1 aliphatic rings. The maximum absolute atomic E-state index is 12.7. The van der Waals surface area contributed by atoms with Gasteiger partial charge in [0.15, 0.2) is 0 Å². The van der Waals surface area contributed by atoms with Gasteiger partial charge in [-0.1, -0.05) is 17.7 Å². The second-order valence-electron chi connectivity index (χ2n) is 7.04. The van der Waals surface area contributed by atoms with Gasteiger partial charge < -0.3 is 15.1 Å². The zero-order chi connectivity index (χ0) is 20.2. The third-order valence-electron chi connectivity index (χ3n) is 4.90. The molecule has 0 spiro atoms. The molecule has 0 unspecified atom stereocenters. The van der Waals surface area contributed by atoms with Gasteiger partial charge in [-0.05, 0) is 37.6 Å². The number of carbonyl (C=O) groups is 1. The highest BCUT2D eigenvalue weighted by Crippen LogP contribution is 2.18. The molecule has 2 aromatic heterocycles. The number of anilines is 3. The number of aryl methyl sites for hydroxylation is 2. The highest BCUT2D eigenvalue weighted by Gasteiger charge is 2.21. The third kappa shape index (κ3) is 4.31. The van der Waals surface area contributed by atoms with Crippen LogP contribution in [0, 0.1) is 13.8 Å². The van der Waals surface area contributed by atoms with Crippen molar-refractivity contribution in [3.05, 3.63) is 65.7 Å². The number of aromatic nitrogens is 4. The van der Waals surface area contributed by atoms with Gasteiger partial charge in [-0.2, -0.15) is 0 Å². The molecule has 3 heterocycles. The Morgan fingerprint density at radius 3 is 2.24 bits per heavy atom. The Morgan fingerprint density at radius 2 is 1.55 bits per heavy atom. The van der Waals surface area contributed by atoms with E-state index in [1.54, 1.807) is 24.7 Å². The summed E-state index contributed by atoms with van der Waals surface area (Å²) in [5.74, 6) is 1.05. The molecule has 0 radical (unpaired) electrons. The van der Waals surface area contributed by atoms with Crippen LogP contribution in [0.25, 0.3) is 0 Å². The Labute approximate surface area is 169 Å². The minimum Gasteiger partial charge on any atom is -0.337 e. The molecule has 0 saturated carbocycles. The number of carbonyl (C=O) groups excluding carboxylic acids is 1. The molecule has 148 valence electrons. The van der Waals surface area contributed by atoms with E-state index in [4.69, 9.17) is 0 Å². The molecule has 1 aliphatic heterocycles. The van der Waals surface area contributed by atoms with Gasteiger partial charge in [-0.25, -0.2) is 19.9 Å². The number of hydrogen-bond acceptors (Lipinski definition) is 7. The predicted molar refractivity (Wildman–Crippen MR) is 112 cm³/mol. The van der Waals surface area contributed by atoms with Gasteiger partial charge in [0, 0.05) is 50.5 Å². The van der Waals surface area contributed by atoms with Crippen molar-refractivity contribution < 1.29 is 4.79 Å². The molecule has 1 fully saturated rings. The minimum atomic E-state index is -0.239. The van der Waals surface area contributed by atoms with Gasteiger partial charge in [-0.15, -0.1) is 0 Å². The molecule has 0 bridgehead atoms. The first-order valence-corrected chi connectivity index (χ1v) is 9.59. The Hall–Kier alpha value is -3.55. The summed E-state index contributed by atoms with van der Waals surface area (Å²) in [6.07, 6.45) is 5.12. The fourth-order valence-corrected chi connectivity index (χ4v) is 3.33. The summed E-state index contributed by atoms with van der Waals surface area (Å²) in [5.41, 5.74) is 3.32. The van der Waals surface area contributed by atoms with Crippen LogP contribution >= 0.6 is 0 Å². The Kier molecular flexibility index (Phi) is 5.33. The van der Waals surface area contributed by atoms with Crippen molar-refractivity contribution in [2.75, 3.05) is 41.3 Å². The largest absolute Gasteiger partial charge is 0.337 e. The second-order valence-corrected chi connectivity index (χ2v) is 7.04. The number of amides is 1. The smallest absolute Gasteiger partial charge is 0.274 e. The number of benzene rings is 1. The lowest BCUT2D eigenvalue weighted by Crippen LogP contribution is -2.47. The van der Waals surface area contributed by atoms with E-state index in [0.29, 0.717) is 11.6 Å². The van der Waals surface area contributed by atoms with Crippen molar-refractivity contribution in [2.24, 2.45) is 0 Å². The predicted octanol–water partition coefficient (Wildman–Crippen LogP) is 2.46. The van der Waals surface area contributed by atoms with Crippen LogP contribution in [0.1, 0.15) is 21.6 Å². The van der Waals surface area contributed by atoms with Crippen LogP contribution in [-0.2, 0) is 0 Å². The highest BCUT2D eigenvalue weighted by molar-refractivity contribution is 6.03. The van der Waals surface area contributed by atoms with E-state index in [-0.39, 0.29) is 5.91 Å². The molecule has 1 saturated heterocycles. The molecule has 8 heteroatoms. The average Bonchev–Trinajstić information content (AvgIpc) is 2.76. The van der Waals surface area contributed by atoms with E-state index >= 15 is 0 Å². The first-order valence-electron chi connectivity index (χ1n) is 9.59. The van der Waals surface area contributed by atoms with Crippen molar-refractivity contribution in [1.82, 2.24) is 19.9 Å². The van der Waals surface area contributed by atoms with Crippen molar-refractivity contribution in [3.63, 3.8) is 0 Å². The zero-order valence-electron chi connectivity index (χ0n) is 16.5. The standard InChI is InChI=1S/C21H23N7O/c1-15-4-5-17(16(2)14-15)25-19(29)18-6-9-24-21(26-18)28-12-10-27(11-13-28)20-22-7-3-8-23-20/h3-9,14H,10-13H2,1-2H3,(H,25,29). The lowest BCUT2D eigenvalue weighted by atomic mass is 10.1. The summed E-state index contributed by atoms with van der Waals surface area (Å²) >= 11 is 0. The normalized spacial score (nSPS) is 14.0. The zero-order valence-corrected chi connectivity index (χ0v) is 16.5. The number of nitrogens with zero attached hydrogens (tertiary/aromatic N) is 6. The van der Waals surface area contributed by atoms with Crippen molar-refractivity contribution in [3.8, 4) is 0 Å². The summed E-state index contributed by atoms with van der Waals surface area (Å²) in [6.45, 7) is 7.02. The monoisotopic (exact) mass is 389 g/mol. The minimum absolute atomic E-state index is 0.239. The number of piperazine rings is 1. The van der Waals surface area contributed by atoms with Crippen LogP contribution < -0.4 is 15.1 Å². The van der Waals surface area contributed by atoms with Gasteiger partial charge >= 0.3 is 0 Å². The van der Waals surface area contributed by atoms with Crippen LogP contribution in [-0.4, -0.2) is 52.0 Å². The summed E-state index contributed by atoms with van der Waals surface area (Å²) in [5, 5.41) is 2.94. The van der Waals surface area contributed by atoms with Gasteiger partial charge in [0.05, 0.1) is 0 Å². The molecule has 3 aromatic rings. The fourth-order valence-electron chi connectivity index (χ4n) is 3.33. The fraction of sp³-hybridized carbons (Fsp3) is 0.286. The van der Waals surface area contributed by atoms with E-state index in [1.807, 2.05) is 38.1 Å². The molecular weight excluding hydrogens is 366 g/mol. The number of nitrogens with one attached hydrogen (secondary N) is 1. The van der Waals surface area contributed by atoms with Crippen LogP contribution in [0.15, 0.2) is 48.9 Å². The molecule has 0 atom stereocenters. The van der Waals surface area contributed by atoms with E-state index in [9.17, 15) is 4.79 Å². The maximum Gasteiger partial charge on any atom is 0.274 e. The van der Waals surface area contributed by atoms with Crippen LogP contribution in [0.2, 0.25) is 0 Å². The topological polar surface area (TPSA) is 87.1 Å². The van der Waals surface area contributed by atoms with Gasteiger partial charge in [0.1, 0.15) is 5.69 Å². The summed E-state index contributed by atoms with van der Waals surface area (Å²) in [7, 11) is 0. The average molecular weight is 389 g/mol. The number of rotatable bonds is 4. The summed E-state index contributed by atoms with van der Waals surface area (Å²) < 4.78 is 0. The Morgan fingerprint density at radius 1 is 0.897 bits per heavy atom. The van der Waals surface area contributed by atoms with E-state index < -0.39 is 0 Å². The van der Waals surface area contributed by atoms with Crippen LogP contribution in [0.5, 0.6) is 0 Å². The van der Waals surface area contributed by atoms with E-state index in [2.05, 4.69) is 35.1 Å². The van der Waals surface area contributed by atoms with Gasteiger partial charge in [0.25, 0.3) is 5.91 Å².